The number of aryl methyl sites for hydroxylation is 1. The molecule has 0 aliphatic carbocycles. The van der Waals surface area contributed by atoms with E-state index in [1.54, 1.807) is 22.2 Å². The molecule has 3 heterocycles. The van der Waals surface area contributed by atoms with Gasteiger partial charge in [-0.25, -0.2) is 14.6 Å². The minimum absolute atomic E-state index is 0.777. The Morgan fingerprint density at radius 1 is 1.32 bits per heavy atom. The fourth-order valence-electron chi connectivity index (χ4n) is 1.71. The van der Waals surface area contributed by atoms with E-state index in [9.17, 15) is 0 Å². The molecule has 96 valence electrons. The second-order valence-electron chi connectivity index (χ2n) is 4.07. The van der Waals surface area contributed by atoms with Gasteiger partial charge in [0.1, 0.15) is 0 Å². The summed E-state index contributed by atoms with van der Waals surface area (Å²) in [7, 11) is 0. The van der Waals surface area contributed by atoms with E-state index >= 15 is 0 Å². The van der Waals surface area contributed by atoms with Crippen LogP contribution in [0.25, 0.3) is 5.82 Å². The predicted octanol–water partition coefficient (Wildman–Crippen LogP) is 2.64. The van der Waals surface area contributed by atoms with Crippen molar-refractivity contribution < 1.29 is 0 Å². The van der Waals surface area contributed by atoms with Gasteiger partial charge in [-0.15, -0.1) is 11.3 Å². The van der Waals surface area contributed by atoms with Gasteiger partial charge in [0, 0.05) is 17.3 Å². The normalized spacial score (nSPS) is 10.6. The van der Waals surface area contributed by atoms with Crippen LogP contribution in [0.1, 0.15) is 10.6 Å². The van der Waals surface area contributed by atoms with Crippen molar-refractivity contribution in [1.82, 2.24) is 19.7 Å². The maximum absolute atomic E-state index is 4.37. The minimum atomic E-state index is 0.777. The van der Waals surface area contributed by atoms with Crippen LogP contribution in [0.5, 0.6) is 0 Å². The van der Waals surface area contributed by atoms with E-state index < -0.39 is 0 Å². The molecule has 0 amide bonds. The van der Waals surface area contributed by atoms with Crippen molar-refractivity contribution in [2.45, 2.75) is 13.5 Å². The lowest BCUT2D eigenvalue weighted by Gasteiger charge is -2.06. The van der Waals surface area contributed by atoms with Gasteiger partial charge in [-0.1, -0.05) is 0 Å². The predicted molar refractivity (Wildman–Crippen MR) is 75.5 cm³/mol. The van der Waals surface area contributed by atoms with Gasteiger partial charge in [0.05, 0.1) is 29.6 Å². The largest absolute Gasteiger partial charge is 0.379 e. The quantitative estimate of drug-likeness (QED) is 0.792. The van der Waals surface area contributed by atoms with Crippen molar-refractivity contribution in [3.05, 3.63) is 52.9 Å². The highest BCUT2D eigenvalue weighted by molar-refractivity contribution is 7.09. The summed E-state index contributed by atoms with van der Waals surface area (Å²) in [6.07, 6.45) is 5.42. The van der Waals surface area contributed by atoms with Gasteiger partial charge >= 0.3 is 0 Å². The third-order valence-corrected chi connectivity index (χ3v) is 3.72. The van der Waals surface area contributed by atoms with Crippen LogP contribution < -0.4 is 5.32 Å². The van der Waals surface area contributed by atoms with Gasteiger partial charge in [0.15, 0.2) is 5.82 Å². The zero-order valence-electron chi connectivity index (χ0n) is 10.4. The average molecular weight is 271 g/mol. The molecular weight excluding hydrogens is 258 g/mol. The van der Waals surface area contributed by atoms with Crippen LogP contribution in [0.4, 0.5) is 5.69 Å². The van der Waals surface area contributed by atoms with Crippen LogP contribution in [0.2, 0.25) is 0 Å². The van der Waals surface area contributed by atoms with E-state index in [2.05, 4.69) is 20.4 Å². The third-order valence-electron chi connectivity index (χ3n) is 2.78. The van der Waals surface area contributed by atoms with Gasteiger partial charge < -0.3 is 5.32 Å². The molecule has 0 unspecified atom stereocenters. The number of anilines is 1. The lowest BCUT2D eigenvalue weighted by molar-refractivity contribution is 0.847. The molecule has 0 atom stereocenters. The Kier molecular flexibility index (Phi) is 3.24. The molecule has 19 heavy (non-hydrogen) atoms. The number of hydrogen-bond acceptors (Lipinski definition) is 5. The van der Waals surface area contributed by atoms with Gasteiger partial charge in [-0.2, -0.15) is 5.10 Å². The highest BCUT2D eigenvalue weighted by atomic mass is 32.1. The maximum Gasteiger partial charge on any atom is 0.153 e. The first-order valence-electron chi connectivity index (χ1n) is 5.92. The molecule has 0 aliphatic heterocycles. The Balaban J connectivity index is 1.68. The van der Waals surface area contributed by atoms with Crippen LogP contribution >= 0.6 is 11.3 Å². The Morgan fingerprint density at radius 2 is 2.26 bits per heavy atom. The summed E-state index contributed by atoms with van der Waals surface area (Å²) in [5.41, 5.74) is 3.94. The van der Waals surface area contributed by atoms with Crippen LogP contribution in [0.15, 0.2) is 42.3 Å². The SMILES string of the molecule is Cc1ncsc1CNc1ccc(-n2cccn2)nc1. The molecule has 0 bridgehead atoms. The number of rotatable bonds is 4. The highest BCUT2D eigenvalue weighted by Crippen LogP contribution is 2.15. The topological polar surface area (TPSA) is 55.6 Å². The first-order valence-corrected chi connectivity index (χ1v) is 6.80. The van der Waals surface area contributed by atoms with Gasteiger partial charge in [0.25, 0.3) is 0 Å². The number of thiazole rings is 1. The Labute approximate surface area is 115 Å². The standard InChI is InChI=1S/C13H13N5S/c1-10-12(19-9-16-10)8-14-11-3-4-13(15-7-11)18-6-2-5-17-18/h2-7,9,14H,8H2,1H3. The summed E-state index contributed by atoms with van der Waals surface area (Å²) < 4.78 is 1.73. The van der Waals surface area contributed by atoms with E-state index in [-0.39, 0.29) is 0 Å². The average Bonchev–Trinajstić information content (AvgIpc) is 3.09. The molecular formula is C13H13N5S. The van der Waals surface area contributed by atoms with E-state index in [1.807, 2.05) is 43.0 Å². The minimum Gasteiger partial charge on any atom is -0.379 e. The van der Waals surface area contributed by atoms with Crippen molar-refractivity contribution in [3.63, 3.8) is 0 Å². The summed E-state index contributed by atoms with van der Waals surface area (Å²) in [5.74, 6) is 0.810. The zero-order chi connectivity index (χ0) is 13.1. The van der Waals surface area contributed by atoms with Crippen molar-refractivity contribution in [3.8, 4) is 5.82 Å². The van der Waals surface area contributed by atoms with Gasteiger partial charge in [-0.3, -0.25) is 0 Å². The lowest BCUT2D eigenvalue weighted by atomic mass is 10.3. The Hall–Kier alpha value is -2.21. The molecule has 3 aromatic heterocycles. The third kappa shape index (κ3) is 2.63. The number of aromatic nitrogens is 4. The van der Waals surface area contributed by atoms with E-state index in [1.165, 1.54) is 4.88 Å². The second-order valence-corrected chi connectivity index (χ2v) is 5.01. The summed E-state index contributed by atoms with van der Waals surface area (Å²) in [5, 5.41) is 7.48. The van der Waals surface area contributed by atoms with Crippen molar-refractivity contribution in [2.75, 3.05) is 5.32 Å². The molecule has 0 aromatic carbocycles. The fourth-order valence-corrected chi connectivity index (χ4v) is 2.43. The molecule has 0 spiro atoms. The van der Waals surface area contributed by atoms with E-state index in [4.69, 9.17) is 0 Å². The molecule has 3 rings (SSSR count). The highest BCUT2D eigenvalue weighted by Gasteiger charge is 2.02. The first-order chi connectivity index (χ1) is 9.33. The molecule has 0 radical (unpaired) electrons. The number of nitrogens with zero attached hydrogens (tertiary/aromatic N) is 4. The molecule has 0 saturated heterocycles. The van der Waals surface area contributed by atoms with Crippen LogP contribution in [0, 0.1) is 6.92 Å². The molecule has 0 fully saturated rings. The molecule has 1 N–H and O–H groups in total. The van der Waals surface area contributed by atoms with Crippen molar-refractivity contribution in [1.29, 1.82) is 0 Å². The second kappa shape index (κ2) is 5.19. The van der Waals surface area contributed by atoms with Gasteiger partial charge in [0.2, 0.25) is 0 Å². The molecule has 6 heteroatoms. The maximum atomic E-state index is 4.37. The van der Waals surface area contributed by atoms with Crippen LogP contribution in [-0.2, 0) is 6.54 Å². The molecule has 5 nitrogen and oxygen atoms in total. The molecule has 3 aromatic rings. The summed E-state index contributed by atoms with van der Waals surface area (Å²) in [6.45, 7) is 2.80. The summed E-state index contributed by atoms with van der Waals surface area (Å²) >= 11 is 1.66. The Bertz CT molecular complexity index is 642. The van der Waals surface area contributed by atoms with Crippen LogP contribution in [-0.4, -0.2) is 19.7 Å². The van der Waals surface area contributed by atoms with Crippen molar-refractivity contribution in [2.24, 2.45) is 0 Å². The summed E-state index contributed by atoms with van der Waals surface area (Å²) in [4.78, 5) is 9.84. The summed E-state index contributed by atoms with van der Waals surface area (Å²) in [6, 6.07) is 5.82. The zero-order valence-corrected chi connectivity index (χ0v) is 11.3. The van der Waals surface area contributed by atoms with Crippen LogP contribution in [0.3, 0.4) is 0 Å². The number of hydrogen-bond donors (Lipinski definition) is 1. The fraction of sp³-hybridized carbons (Fsp3) is 0.154. The monoisotopic (exact) mass is 271 g/mol. The molecule has 0 aliphatic rings. The lowest BCUT2D eigenvalue weighted by Crippen LogP contribution is -2.02. The van der Waals surface area contributed by atoms with Gasteiger partial charge in [-0.05, 0) is 25.1 Å². The smallest absolute Gasteiger partial charge is 0.153 e. The number of pyridine rings is 1. The Morgan fingerprint density at radius 3 is 2.89 bits per heavy atom. The number of nitrogens with one attached hydrogen (secondary N) is 1. The van der Waals surface area contributed by atoms with E-state index in [0.29, 0.717) is 0 Å². The van der Waals surface area contributed by atoms with Crippen molar-refractivity contribution >= 4 is 17.0 Å². The first kappa shape index (κ1) is 11.9. The van der Waals surface area contributed by atoms with E-state index in [0.717, 1.165) is 23.7 Å². The molecule has 0 saturated carbocycles.